The number of alkyl halides is 3. The molecule has 0 aliphatic heterocycles. The molecule has 0 spiro atoms. The third-order valence-corrected chi connectivity index (χ3v) is 2.32. The van der Waals surface area contributed by atoms with Crippen LogP contribution in [-0.4, -0.2) is 23.8 Å². The summed E-state index contributed by atoms with van der Waals surface area (Å²) < 4.78 is 35.6. The Morgan fingerprint density at radius 3 is 2.67 bits per heavy atom. The van der Waals surface area contributed by atoms with Crippen LogP contribution in [0.2, 0.25) is 0 Å². The Hall–Kier alpha value is -1.56. The van der Waals surface area contributed by atoms with Crippen molar-refractivity contribution < 1.29 is 23.1 Å². The minimum absolute atomic E-state index is 0.0160. The van der Waals surface area contributed by atoms with Gasteiger partial charge in [0.15, 0.2) is 0 Å². The lowest BCUT2D eigenvalue weighted by atomic mass is 10.1. The fourth-order valence-corrected chi connectivity index (χ4v) is 1.46. The second-order valence-electron chi connectivity index (χ2n) is 3.90. The monoisotopic (exact) mass is 261 g/mol. The van der Waals surface area contributed by atoms with E-state index in [9.17, 15) is 18.0 Å². The van der Waals surface area contributed by atoms with Crippen LogP contribution in [0.4, 0.5) is 13.2 Å². The van der Waals surface area contributed by atoms with E-state index < -0.39 is 18.6 Å². The summed E-state index contributed by atoms with van der Waals surface area (Å²) in [4.78, 5) is 10.7. The molecule has 18 heavy (non-hydrogen) atoms. The molecule has 0 fully saturated rings. The minimum atomic E-state index is -4.12. The molecule has 0 saturated heterocycles. The molecular formula is C12H14F3NO2. The van der Waals surface area contributed by atoms with Gasteiger partial charge in [-0.1, -0.05) is 12.1 Å². The van der Waals surface area contributed by atoms with Gasteiger partial charge in [0.1, 0.15) is 0 Å². The summed E-state index contributed by atoms with van der Waals surface area (Å²) in [6, 6.07) is 6.30. The first-order valence-electron chi connectivity index (χ1n) is 5.48. The average Bonchev–Trinajstić information content (AvgIpc) is 2.27. The largest absolute Gasteiger partial charge is 0.478 e. The molecule has 0 amide bonds. The van der Waals surface area contributed by atoms with Crippen molar-refractivity contribution in [1.29, 1.82) is 0 Å². The van der Waals surface area contributed by atoms with Gasteiger partial charge in [0.05, 0.1) is 5.56 Å². The first-order chi connectivity index (χ1) is 8.38. The summed E-state index contributed by atoms with van der Waals surface area (Å²) in [5, 5.41) is 11.6. The number of aromatic carboxylic acids is 1. The van der Waals surface area contributed by atoms with Crippen molar-refractivity contribution in [3.8, 4) is 0 Å². The number of hydrogen-bond donors (Lipinski definition) is 2. The zero-order valence-corrected chi connectivity index (χ0v) is 9.63. The van der Waals surface area contributed by atoms with E-state index in [2.05, 4.69) is 5.32 Å². The van der Waals surface area contributed by atoms with Crippen LogP contribution < -0.4 is 5.32 Å². The Kier molecular flexibility index (Phi) is 5.15. The lowest BCUT2D eigenvalue weighted by molar-refractivity contribution is -0.135. The highest BCUT2D eigenvalue weighted by Gasteiger charge is 2.25. The van der Waals surface area contributed by atoms with E-state index in [-0.39, 0.29) is 18.5 Å². The molecule has 0 radical (unpaired) electrons. The van der Waals surface area contributed by atoms with Crippen LogP contribution in [0.1, 0.15) is 28.8 Å². The highest BCUT2D eigenvalue weighted by atomic mass is 19.4. The van der Waals surface area contributed by atoms with Gasteiger partial charge in [-0.3, -0.25) is 0 Å². The number of carbonyl (C=O) groups is 1. The predicted octanol–water partition coefficient (Wildman–Crippen LogP) is 2.82. The van der Waals surface area contributed by atoms with Crippen molar-refractivity contribution in [2.45, 2.75) is 25.6 Å². The van der Waals surface area contributed by atoms with E-state index in [0.717, 1.165) is 5.56 Å². The predicted molar refractivity (Wildman–Crippen MR) is 60.4 cm³/mol. The lowest BCUT2D eigenvalue weighted by Crippen LogP contribution is -2.18. The normalized spacial score (nSPS) is 11.5. The molecule has 2 N–H and O–H groups in total. The van der Waals surface area contributed by atoms with Gasteiger partial charge in [0, 0.05) is 13.0 Å². The molecule has 100 valence electrons. The SMILES string of the molecule is O=C(O)c1cccc(CNCCCC(F)(F)F)c1. The summed E-state index contributed by atoms with van der Waals surface area (Å²) in [7, 11) is 0. The standard InChI is InChI=1S/C12H14F3NO2/c13-12(14,15)5-2-6-16-8-9-3-1-4-10(7-9)11(17)18/h1,3-4,7,16H,2,5-6,8H2,(H,17,18). The van der Waals surface area contributed by atoms with Crippen molar-refractivity contribution in [2.75, 3.05) is 6.54 Å². The van der Waals surface area contributed by atoms with Crippen molar-refractivity contribution in [3.63, 3.8) is 0 Å². The second kappa shape index (κ2) is 6.39. The number of hydrogen-bond acceptors (Lipinski definition) is 2. The number of halogens is 3. The molecule has 0 aliphatic rings. The van der Waals surface area contributed by atoms with Gasteiger partial charge in [-0.05, 0) is 30.7 Å². The van der Waals surface area contributed by atoms with Crippen LogP contribution in [-0.2, 0) is 6.54 Å². The van der Waals surface area contributed by atoms with E-state index in [1.165, 1.54) is 12.1 Å². The maximum atomic E-state index is 11.9. The number of carboxylic acids is 1. The molecule has 0 heterocycles. The summed E-state index contributed by atoms with van der Waals surface area (Å²) in [6.45, 7) is 0.607. The van der Waals surface area contributed by atoms with E-state index >= 15 is 0 Å². The Morgan fingerprint density at radius 2 is 2.06 bits per heavy atom. The smallest absolute Gasteiger partial charge is 0.389 e. The molecule has 1 rings (SSSR count). The zero-order valence-electron chi connectivity index (χ0n) is 9.63. The average molecular weight is 261 g/mol. The lowest BCUT2D eigenvalue weighted by Gasteiger charge is -2.07. The van der Waals surface area contributed by atoms with E-state index in [1.807, 2.05) is 0 Å². The highest BCUT2D eigenvalue weighted by Crippen LogP contribution is 2.20. The van der Waals surface area contributed by atoms with Crippen molar-refractivity contribution in [1.82, 2.24) is 5.32 Å². The summed E-state index contributed by atoms with van der Waals surface area (Å²) in [5.74, 6) is -1.02. The molecule has 1 aromatic carbocycles. The molecule has 0 atom stereocenters. The second-order valence-corrected chi connectivity index (χ2v) is 3.90. The van der Waals surface area contributed by atoms with Crippen LogP contribution in [0.3, 0.4) is 0 Å². The Morgan fingerprint density at radius 1 is 1.33 bits per heavy atom. The van der Waals surface area contributed by atoms with Crippen LogP contribution in [0.5, 0.6) is 0 Å². The van der Waals surface area contributed by atoms with Crippen molar-refractivity contribution >= 4 is 5.97 Å². The number of benzene rings is 1. The van der Waals surface area contributed by atoms with Crippen molar-refractivity contribution in [3.05, 3.63) is 35.4 Å². The summed E-state index contributed by atoms with van der Waals surface area (Å²) in [6.07, 6.45) is -4.91. The third-order valence-electron chi connectivity index (χ3n) is 2.32. The van der Waals surface area contributed by atoms with Gasteiger partial charge < -0.3 is 10.4 Å². The first-order valence-corrected chi connectivity index (χ1v) is 5.48. The van der Waals surface area contributed by atoms with Gasteiger partial charge >= 0.3 is 12.1 Å². The van der Waals surface area contributed by atoms with Gasteiger partial charge in [0.2, 0.25) is 0 Å². The number of nitrogens with one attached hydrogen (secondary N) is 1. The van der Waals surface area contributed by atoms with Gasteiger partial charge in [-0.2, -0.15) is 13.2 Å². The Balaban J connectivity index is 2.31. The fourth-order valence-electron chi connectivity index (χ4n) is 1.46. The van der Waals surface area contributed by atoms with Crippen LogP contribution >= 0.6 is 0 Å². The fraction of sp³-hybridized carbons (Fsp3) is 0.417. The van der Waals surface area contributed by atoms with Crippen LogP contribution in [0, 0.1) is 0 Å². The zero-order chi connectivity index (χ0) is 13.6. The topological polar surface area (TPSA) is 49.3 Å². The molecule has 0 aromatic heterocycles. The highest BCUT2D eigenvalue weighted by molar-refractivity contribution is 5.87. The third kappa shape index (κ3) is 5.67. The molecule has 0 unspecified atom stereocenters. The number of carboxylic acid groups (broad SMARTS) is 1. The summed E-state index contributed by atoms with van der Waals surface area (Å²) in [5.41, 5.74) is 0.909. The van der Waals surface area contributed by atoms with Gasteiger partial charge in [0.25, 0.3) is 0 Å². The number of rotatable bonds is 6. The molecule has 1 aromatic rings. The molecule has 6 heteroatoms. The van der Waals surface area contributed by atoms with Crippen LogP contribution in [0.25, 0.3) is 0 Å². The van der Waals surface area contributed by atoms with E-state index in [0.29, 0.717) is 6.54 Å². The van der Waals surface area contributed by atoms with Crippen LogP contribution in [0.15, 0.2) is 24.3 Å². The maximum Gasteiger partial charge on any atom is 0.389 e. The summed E-state index contributed by atoms with van der Waals surface area (Å²) >= 11 is 0. The maximum absolute atomic E-state index is 11.9. The van der Waals surface area contributed by atoms with Crippen molar-refractivity contribution in [2.24, 2.45) is 0 Å². The minimum Gasteiger partial charge on any atom is -0.478 e. The molecule has 3 nitrogen and oxygen atoms in total. The van der Waals surface area contributed by atoms with E-state index in [4.69, 9.17) is 5.11 Å². The Labute approximate surface area is 103 Å². The van der Waals surface area contributed by atoms with Gasteiger partial charge in [-0.25, -0.2) is 4.79 Å². The quantitative estimate of drug-likeness (QED) is 0.774. The first kappa shape index (κ1) is 14.5. The Bertz CT molecular complexity index is 405. The molecule has 0 bridgehead atoms. The molecular weight excluding hydrogens is 247 g/mol. The van der Waals surface area contributed by atoms with E-state index in [1.54, 1.807) is 12.1 Å². The van der Waals surface area contributed by atoms with Gasteiger partial charge in [-0.15, -0.1) is 0 Å². The molecule has 0 saturated carbocycles. The molecule has 0 aliphatic carbocycles.